The summed E-state index contributed by atoms with van der Waals surface area (Å²) in [6.45, 7) is 0.365. The summed E-state index contributed by atoms with van der Waals surface area (Å²) >= 11 is 11.8. The summed E-state index contributed by atoms with van der Waals surface area (Å²) in [6.07, 6.45) is 0. The fourth-order valence-electron chi connectivity index (χ4n) is 1.24. The van der Waals surface area contributed by atoms with E-state index in [9.17, 15) is 0 Å². The van der Waals surface area contributed by atoms with Crippen molar-refractivity contribution in [1.82, 2.24) is 14.8 Å². The van der Waals surface area contributed by atoms with Crippen molar-refractivity contribution in [3.05, 3.63) is 37.7 Å². The van der Waals surface area contributed by atoms with Gasteiger partial charge in [-0.25, -0.2) is 0 Å². The molecule has 0 saturated carbocycles. The van der Waals surface area contributed by atoms with E-state index < -0.39 is 0 Å². The van der Waals surface area contributed by atoms with Crippen LogP contribution in [0.1, 0.15) is 5.82 Å². The van der Waals surface area contributed by atoms with E-state index in [1.54, 1.807) is 4.57 Å². The first kappa shape index (κ1) is 12.8. The Morgan fingerprint density at radius 3 is 2.82 bits per heavy atom. The van der Waals surface area contributed by atoms with Gasteiger partial charge in [-0.1, -0.05) is 15.9 Å². The van der Waals surface area contributed by atoms with Gasteiger partial charge in [0.1, 0.15) is 12.4 Å². The Bertz CT molecular complexity index is 593. The summed E-state index contributed by atoms with van der Waals surface area (Å²) in [4.78, 5) is 0. The maximum absolute atomic E-state index is 5.65. The number of H-pyrrole nitrogens is 1. The number of halogens is 2. The normalized spacial score (nSPS) is 10.5. The zero-order chi connectivity index (χ0) is 12.4. The van der Waals surface area contributed by atoms with E-state index in [1.807, 2.05) is 25.2 Å². The predicted octanol–water partition coefficient (Wildman–Crippen LogP) is 3.58. The lowest BCUT2D eigenvalue weighted by Gasteiger charge is -2.07. The monoisotopic (exact) mass is 377 g/mol. The molecule has 2 rings (SSSR count). The average Bonchev–Trinajstić information content (AvgIpc) is 2.59. The summed E-state index contributed by atoms with van der Waals surface area (Å²) < 4.78 is 9.90. The lowest BCUT2D eigenvalue weighted by atomic mass is 10.3. The van der Waals surface area contributed by atoms with E-state index >= 15 is 0 Å². The highest BCUT2D eigenvalue weighted by Gasteiger charge is 2.06. The molecular formula is C10H9Br2N3OS. The number of rotatable bonds is 3. The lowest BCUT2D eigenvalue weighted by Crippen LogP contribution is -2.03. The fourth-order valence-corrected chi connectivity index (χ4v) is 2.56. The fraction of sp³-hybridized carbons (Fsp3) is 0.200. The first-order valence-corrected chi connectivity index (χ1v) is 6.75. The van der Waals surface area contributed by atoms with Crippen LogP contribution in [0, 0.1) is 4.77 Å². The van der Waals surface area contributed by atoms with Crippen molar-refractivity contribution in [1.29, 1.82) is 0 Å². The van der Waals surface area contributed by atoms with Crippen molar-refractivity contribution in [2.75, 3.05) is 0 Å². The Kier molecular flexibility index (Phi) is 4.01. The zero-order valence-corrected chi connectivity index (χ0v) is 12.9. The molecule has 17 heavy (non-hydrogen) atoms. The Hall–Kier alpha value is -0.660. The predicted molar refractivity (Wildman–Crippen MR) is 74.6 cm³/mol. The second kappa shape index (κ2) is 5.32. The molecule has 0 aliphatic heterocycles. The minimum absolute atomic E-state index is 0.365. The zero-order valence-electron chi connectivity index (χ0n) is 8.91. The highest BCUT2D eigenvalue weighted by Crippen LogP contribution is 2.28. The highest BCUT2D eigenvalue weighted by atomic mass is 79.9. The van der Waals surface area contributed by atoms with Gasteiger partial charge < -0.3 is 9.30 Å². The van der Waals surface area contributed by atoms with Crippen molar-refractivity contribution in [3.8, 4) is 5.75 Å². The number of hydrogen-bond acceptors (Lipinski definition) is 3. The van der Waals surface area contributed by atoms with E-state index in [0.717, 1.165) is 20.5 Å². The third kappa shape index (κ3) is 2.97. The van der Waals surface area contributed by atoms with Crippen molar-refractivity contribution >= 4 is 44.1 Å². The summed E-state index contributed by atoms with van der Waals surface area (Å²) in [5, 5.41) is 6.79. The van der Waals surface area contributed by atoms with Crippen molar-refractivity contribution in [2.24, 2.45) is 7.05 Å². The topological polar surface area (TPSA) is 42.8 Å². The third-order valence-electron chi connectivity index (χ3n) is 2.22. The van der Waals surface area contributed by atoms with Crippen molar-refractivity contribution in [3.63, 3.8) is 0 Å². The van der Waals surface area contributed by atoms with Gasteiger partial charge in [0.05, 0.1) is 4.47 Å². The molecule has 0 atom stereocenters. The number of benzene rings is 1. The van der Waals surface area contributed by atoms with Gasteiger partial charge in [-0.15, -0.1) is 0 Å². The van der Waals surface area contributed by atoms with Gasteiger partial charge in [-0.3, -0.25) is 5.10 Å². The van der Waals surface area contributed by atoms with Crippen LogP contribution in [-0.4, -0.2) is 14.8 Å². The number of nitrogens with zero attached hydrogens (tertiary/aromatic N) is 2. The van der Waals surface area contributed by atoms with Crippen LogP contribution in [0.15, 0.2) is 27.1 Å². The molecular weight excluding hydrogens is 370 g/mol. The largest absolute Gasteiger partial charge is 0.484 e. The average molecular weight is 379 g/mol. The van der Waals surface area contributed by atoms with Gasteiger partial charge >= 0.3 is 0 Å². The smallest absolute Gasteiger partial charge is 0.194 e. The van der Waals surface area contributed by atoms with Crippen LogP contribution in [0.4, 0.5) is 0 Å². The molecule has 0 aliphatic rings. The lowest BCUT2D eigenvalue weighted by molar-refractivity contribution is 0.289. The second-order valence-corrected chi connectivity index (χ2v) is 5.52. The quantitative estimate of drug-likeness (QED) is 0.830. The van der Waals surface area contributed by atoms with E-state index in [-0.39, 0.29) is 0 Å². The minimum Gasteiger partial charge on any atom is -0.484 e. The summed E-state index contributed by atoms with van der Waals surface area (Å²) in [5.41, 5.74) is 0. The summed E-state index contributed by atoms with van der Waals surface area (Å²) in [5.74, 6) is 1.52. The molecule has 0 unspecified atom stereocenters. The Morgan fingerprint density at radius 1 is 1.47 bits per heavy atom. The van der Waals surface area contributed by atoms with Crippen LogP contribution in [0.3, 0.4) is 0 Å². The van der Waals surface area contributed by atoms with E-state index in [4.69, 9.17) is 17.0 Å². The molecule has 1 aromatic carbocycles. The molecule has 0 amide bonds. The molecule has 0 fully saturated rings. The molecule has 4 nitrogen and oxygen atoms in total. The van der Waals surface area contributed by atoms with E-state index in [0.29, 0.717) is 11.4 Å². The number of hydrogen-bond donors (Lipinski definition) is 1. The van der Waals surface area contributed by atoms with Crippen LogP contribution < -0.4 is 4.74 Å². The summed E-state index contributed by atoms with van der Waals surface area (Å²) in [7, 11) is 1.85. The minimum atomic E-state index is 0.365. The maximum Gasteiger partial charge on any atom is 0.194 e. The molecule has 0 saturated heterocycles. The molecule has 0 bridgehead atoms. The van der Waals surface area contributed by atoms with Crippen molar-refractivity contribution in [2.45, 2.75) is 6.61 Å². The SMILES string of the molecule is Cn1c(COc2ccc(Br)cc2Br)n[nH]c1=S. The number of nitrogens with one attached hydrogen (secondary N) is 1. The molecule has 90 valence electrons. The van der Waals surface area contributed by atoms with E-state index in [2.05, 4.69) is 42.1 Å². The standard InChI is InChI=1S/C10H9Br2N3OS/c1-15-9(13-14-10(15)17)5-16-8-3-2-6(11)4-7(8)12/h2-4H,5H2,1H3,(H,14,17). The Balaban J connectivity index is 2.12. The van der Waals surface area contributed by atoms with Crippen molar-refractivity contribution < 1.29 is 4.74 Å². The van der Waals surface area contributed by atoms with E-state index in [1.165, 1.54) is 0 Å². The molecule has 1 aromatic heterocycles. The van der Waals surface area contributed by atoms with Gasteiger partial charge in [0.15, 0.2) is 10.6 Å². The molecule has 0 aliphatic carbocycles. The molecule has 1 heterocycles. The van der Waals surface area contributed by atoms with Crippen LogP contribution in [0.2, 0.25) is 0 Å². The maximum atomic E-state index is 5.65. The first-order valence-electron chi connectivity index (χ1n) is 4.76. The van der Waals surface area contributed by atoms with Crippen LogP contribution in [0.5, 0.6) is 5.75 Å². The van der Waals surface area contributed by atoms with Gasteiger partial charge in [0.2, 0.25) is 0 Å². The van der Waals surface area contributed by atoms with Gasteiger partial charge in [0.25, 0.3) is 0 Å². The van der Waals surface area contributed by atoms with Crippen LogP contribution in [-0.2, 0) is 13.7 Å². The van der Waals surface area contributed by atoms with Gasteiger partial charge in [-0.05, 0) is 46.3 Å². The Morgan fingerprint density at radius 2 is 2.24 bits per heavy atom. The summed E-state index contributed by atoms with van der Waals surface area (Å²) in [6, 6.07) is 5.73. The molecule has 7 heteroatoms. The van der Waals surface area contributed by atoms with Crippen LogP contribution >= 0.6 is 44.1 Å². The van der Waals surface area contributed by atoms with Gasteiger partial charge in [0, 0.05) is 11.5 Å². The molecule has 0 radical (unpaired) electrons. The Labute approximate surface area is 120 Å². The van der Waals surface area contributed by atoms with Crippen LogP contribution in [0.25, 0.3) is 0 Å². The molecule has 1 N–H and O–H groups in total. The third-order valence-corrected chi connectivity index (χ3v) is 3.70. The van der Waals surface area contributed by atoms with Gasteiger partial charge in [-0.2, -0.15) is 5.10 Å². The molecule has 0 spiro atoms. The highest BCUT2D eigenvalue weighted by molar-refractivity contribution is 9.11. The second-order valence-electron chi connectivity index (χ2n) is 3.37. The number of aromatic amines is 1. The number of ether oxygens (including phenoxy) is 1. The first-order chi connectivity index (χ1) is 8.08. The molecule has 2 aromatic rings. The number of aromatic nitrogens is 3.